The molecule has 0 spiro atoms. The summed E-state index contributed by atoms with van der Waals surface area (Å²) in [6.45, 7) is 5.72. The lowest BCUT2D eigenvalue weighted by Gasteiger charge is -2.42. The highest BCUT2D eigenvalue weighted by molar-refractivity contribution is 5.73. The molecule has 24 heavy (non-hydrogen) atoms. The van der Waals surface area contributed by atoms with Gasteiger partial charge in [-0.1, -0.05) is 56.5 Å². The van der Waals surface area contributed by atoms with E-state index < -0.39 is 0 Å². The van der Waals surface area contributed by atoms with Crippen LogP contribution in [0, 0.1) is 0 Å². The molecule has 1 aromatic rings. The van der Waals surface area contributed by atoms with Crippen molar-refractivity contribution < 1.29 is 9.53 Å². The second-order valence-electron chi connectivity index (χ2n) is 6.61. The molecule has 1 aliphatic rings. The molecule has 3 N–H and O–H groups in total. The first-order valence-electron chi connectivity index (χ1n) is 9.12. The molecule has 2 amide bonds. The molecule has 2 rings (SSSR count). The fourth-order valence-electron chi connectivity index (χ4n) is 2.80. The minimum atomic E-state index is -0.117. The Morgan fingerprint density at radius 2 is 1.88 bits per heavy atom. The maximum atomic E-state index is 11.9. The van der Waals surface area contributed by atoms with Gasteiger partial charge in [-0.3, -0.25) is 0 Å². The number of hydrogen-bond acceptors (Lipinski definition) is 3. The standard InChI is InChI=1S/C19H31N3O2/c1-2-3-4-8-12-20-18(23)21-14-19(15-24-16-19)22-13-11-17-9-6-5-7-10-17/h5-7,9-10,22H,2-4,8,11-16H2,1H3,(H2,20,21,23). The summed E-state index contributed by atoms with van der Waals surface area (Å²) in [4.78, 5) is 11.9. The molecule has 134 valence electrons. The predicted octanol–water partition coefficient (Wildman–Crippen LogP) is 2.47. The van der Waals surface area contributed by atoms with Crippen molar-refractivity contribution in [3.63, 3.8) is 0 Å². The van der Waals surface area contributed by atoms with Gasteiger partial charge in [0.1, 0.15) is 0 Å². The Hall–Kier alpha value is -1.59. The van der Waals surface area contributed by atoms with Gasteiger partial charge < -0.3 is 20.7 Å². The van der Waals surface area contributed by atoms with Crippen molar-refractivity contribution in [3.8, 4) is 0 Å². The van der Waals surface area contributed by atoms with E-state index in [0.717, 1.165) is 25.9 Å². The zero-order chi connectivity index (χ0) is 17.1. The highest BCUT2D eigenvalue weighted by Crippen LogP contribution is 2.16. The number of hydrogen-bond donors (Lipinski definition) is 3. The van der Waals surface area contributed by atoms with E-state index in [0.29, 0.717) is 19.8 Å². The number of carbonyl (C=O) groups is 1. The first-order chi connectivity index (χ1) is 11.7. The van der Waals surface area contributed by atoms with Crippen molar-refractivity contribution in [3.05, 3.63) is 35.9 Å². The summed E-state index contributed by atoms with van der Waals surface area (Å²) in [5.74, 6) is 0. The van der Waals surface area contributed by atoms with Crippen LogP contribution in [0.15, 0.2) is 30.3 Å². The van der Waals surface area contributed by atoms with Crippen LogP contribution in [-0.2, 0) is 11.2 Å². The number of ether oxygens (including phenoxy) is 1. The van der Waals surface area contributed by atoms with Crippen molar-refractivity contribution in [2.45, 2.75) is 44.6 Å². The van der Waals surface area contributed by atoms with Gasteiger partial charge in [-0.05, 0) is 24.9 Å². The number of rotatable bonds is 11. The van der Waals surface area contributed by atoms with Crippen LogP contribution in [0.4, 0.5) is 4.79 Å². The Bertz CT molecular complexity index is 475. The van der Waals surface area contributed by atoms with Crippen LogP contribution in [0.2, 0.25) is 0 Å². The normalized spacial score (nSPS) is 15.5. The van der Waals surface area contributed by atoms with Crippen LogP contribution in [0.5, 0.6) is 0 Å². The number of amides is 2. The lowest BCUT2D eigenvalue weighted by molar-refractivity contribution is -0.0712. The van der Waals surface area contributed by atoms with Gasteiger partial charge in [-0.25, -0.2) is 4.79 Å². The fourth-order valence-corrected chi connectivity index (χ4v) is 2.80. The smallest absolute Gasteiger partial charge is 0.314 e. The molecule has 1 aromatic carbocycles. The summed E-state index contributed by atoms with van der Waals surface area (Å²) in [5, 5.41) is 9.45. The Morgan fingerprint density at radius 3 is 2.54 bits per heavy atom. The summed E-state index contributed by atoms with van der Waals surface area (Å²) in [7, 11) is 0. The second-order valence-corrected chi connectivity index (χ2v) is 6.61. The highest BCUT2D eigenvalue weighted by atomic mass is 16.5. The average Bonchev–Trinajstić information content (AvgIpc) is 2.57. The molecule has 0 saturated carbocycles. The molecule has 0 radical (unpaired) electrons. The summed E-state index contributed by atoms with van der Waals surface area (Å²) in [6, 6.07) is 10.3. The largest absolute Gasteiger partial charge is 0.377 e. The molecular weight excluding hydrogens is 302 g/mol. The van der Waals surface area contributed by atoms with Gasteiger partial charge in [0.2, 0.25) is 0 Å². The first-order valence-corrected chi connectivity index (χ1v) is 9.12. The summed E-state index contributed by atoms with van der Waals surface area (Å²) >= 11 is 0. The Kier molecular flexibility index (Phi) is 8.05. The van der Waals surface area contributed by atoms with Gasteiger partial charge in [0.25, 0.3) is 0 Å². The number of unbranched alkanes of at least 4 members (excludes halogenated alkanes) is 3. The van der Waals surface area contributed by atoms with Crippen LogP contribution < -0.4 is 16.0 Å². The van der Waals surface area contributed by atoms with Gasteiger partial charge in [0, 0.05) is 13.1 Å². The third-order valence-electron chi connectivity index (χ3n) is 4.42. The number of urea groups is 1. The van der Waals surface area contributed by atoms with E-state index in [9.17, 15) is 4.79 Å². The molecule has 0 atom stereocenters. The maximum Gasteiger partial charge on any atom is 0.314 e. The van der Waals surface area contributed by atoms with Crippen molar-refractivity contribution in [1.29, 1.82) is 0 Å². The molecule has 0 aliphatic carbocycles. The fraction of sp³-hybridized carbons (Fsp3) is 0.632. The molecule has 0 bridgehead atoms. The summed E-state index contributed by atoms with van der Waals surface area (Å²) in [5.41, 5.74) is 1.20. The second kappa shape index (κ2) is 10.3. The molecule has 1 heterocycles. The minimum Gasteiger partial charge on any atom is -0.377 e. The van der Waals surface area contributed by atoms with E-state index in [2.05, 4.69) is 47.1 Å². The zero-order valence-corrected chi connectivity index (χ0v) is 14.8. The van der Waals surface area contributed by atoms with E-state index in [1.165, 1.54) is 24.8 Å². The quantitative estimate of drug-likeness (QED) is 0.545. The molecule has 1 saturated heterocycles. The predicted molar refractivity (Wildman–Crippen MR) is 97.2 cm³/mol. The van der Waals surface area contributed by atoms with E-state index in [1.54, 1.807) is 0 Å². The average molecular weight is 333 g/mol. The van der Waals surface area contributed by atoms with Gasteiger partial charge in [0.05, 0.1) is 18.8 Å². The maximum absolute atomic E-state index is 11.9. The number of nitrogens with one attached hydrogen (secondary N) is 3. The molecule has 0 aromatic heterocycles. The summed E-state index contributed by atoms with van der Waals surface area (Å²) in [6.07, 6.45) is 5.64. The van der Waals surface area contributed by atoms with Crippen molar-refractivity contribution >= 4 is 6.03 Å². The van der Waals surface area contributed by atoms with Crippen LogP contribution in [0.25, 0.3) is 0 Å². The van der Waals surface area contributed by atoms with Crippen molar-refractivity contribution in [1.82, 2.24) is 16.0 Å². The highest BCUT2D eigenvalue weighted by Gasteiger charge is 2.38. The first kappa shape index (κ1) is 18.7. The van der Waals surface area contributed by atoms with Crippen LogP contribution in [0.1, 0.15) is 38.2 Å². The zero-order valence-electron chi connectivity index (χ0n) is 14.8. The van der Waals surface area contributed by atoms with Crippen molar-refractivity contribution in [2.24, 2.45) is 0 Å². The molecule has 0 unspecified atom stereocenters. The van der Waals surface area contributed by atoms with Crippen molar-refractivity contribution in [2.75, 3.05) is 32.8 Å². The van der Waals surface area contributed by atoms with Crippen LogP contribution in [-0.4, -0.2) is 44.4 Å². The van der Waals surface area contributed by atoms with E-state index in [-0.39, 0.29) is 11.6 Å². The topological polar surface area (TPSA) is 62.4 Å². The minimum absolute atomic E-state index is 0.0809. The monoisotopic (exact) mass is 333 g/mol. The van der Waals surface area contributed by atoms with E-state index in [1.807, 2.05) is 6.07 Å². The van der Waals surface area contributed by atoms with E-state index in [4.69, 9.17) is 4.74 Å². The molecule has 1 aliphatic heterocycles. The Morgan fingerprint density at radius 1 is 1.08 bits per heavy atom. The lowest BCUT2D eigenvalue weighted by atomic mass is 9.97. The number of carbonyl (C=O) groups excluding carboxylic acids is 1. The molecule has 5 nitrogen and oxygen atoms in total. The third-order valence-corrected chi connectivity index (χ3v) is 4.42. The van der Waals surface area contributed by atoms with Gasteiger partial charge in [0.15, 0.2) is 0 Å². The van der Waals surface area contributed by atoms with E-state index >= 15 is 0 Å². The Labute approximate surface area is 145 Å². The van der Waals surface area contributed by atoms with Crippen LogP contribution >= 0.6 is 0 Å². The van der Waals surface area contributed by atoms with Crippen LogP contribution in [0.3, 0.4) is 0 Å². The summed E-state index contributed by atoms with van der Waals surface area (Å²) < 4.78 is 5.36. The van der Waals surface area contributed by atoms with Gasteiger partial charge in [-0.2, -0.15) is 0 Å². The van der Waals surface area contributed by atoms with Gasteiger partial charge in [-0.15, -0.1) is 0 Å². The van der Waals surface area contributed by atoms with Gasteiger partial charge >= 0.3 is 6.03 Å². The number of benzene rings is 1. The Balaban J connectivity index is 1.61. The SMILES string of the molecule is CCCCCCNC(=O)NCC1(NCCc2ccccc2)COC1. The lowest BCUT2D eigenvalue weighted by Crippen LogP contribution is -2.66. The molecular formula is C19H31N3O2. The molecule has 5 heteroatoms. The molecule has 1 fully saturated rings. The third kappa shape index (κ3) is 6.49.